The fourth-order valence-electron chi connectivity index (χ4n) is 4.05. The predicted octanol–water partition coefficient (Wildman–Crippen LogP) is 3.81. The summed E-state index contributed by atoms with van der Waals surface area (Å²) in [5.41, 5.74) is 2.28. The smallest absolute Gasteiger partial charge is 0.230 e. The zero-order valence-electron chi connectivity index (χ0n) is 17.5. The zero-order valence-corrected chi connectivity index (χ0v) is 17.5. The fourth-order valence-corrected chi connectivity index (χ4v) is 4.05. The highest BCUT2D eigenvalue weighted by Crippen LogP contribution is 2.36. The summed E-state index contributed by atoms with van der Waals surface area (Å²) in [6.07, 6.45) is 3.49. The molecule has 0 unspecified atom stereocenters. The van der Waals surface area contributed by atoms with E-state index in [4.69, 9.17) is 4.52 Å². The van der Waals surface area contributed by atoms with Gasteiger partial charge >= 0.3 is 0 Å². The van der Waals surface area contributed by atoms with E-state index in [1.54, 1.807) is 17.0 Å². The van der Waals surface area contributed by atoms with Crippen molar-refractivity contribution in [2.75, 3.05) is 11.4 Å². The number of carbonyl (C=O) groups is 2. The van der Waals surface area contributed by atoms with Crippen LogP contribution in [0, 0.1) is 11.7 Å². The number of anilines is 1. The summed E-state index contributed by atoms with van der Waals surface area (Å²) in [7, 11) is 0. The topological polar surface area (TPSA) is 88.3 Å². The van der Waals surface area contributed by atoms with Gasteiger partial charge in [-0.1, -0.05) is 35.8 Å². The van der Waals surface area contributed by atoms with Gasteiger partial charge in [0.1, 0.15) is 5.82 Å². The second kappa shape index (κ2) is 8.53. The molecule has 2 heterocycles. The lowest BCUT2D eigenvalue weighted by Crippen LogP contribution is -2.32. The minimum atomic E-state index is -0.443. The van der Waals surface area contributed by atoms with Crippen molar-refractivity contribution in [3.63, 3.8) is 0 Å². The lowest BCUT2D eigenvalue weighted by Gasteiger charge is -2.20. The Balaban J connectivity index is 1.24. The molecule has 0 spiro atoms. The SMILES string of the molecule is O=C(NCc1ccc(F)cc1)[C@H]1CC(=O)N(c2cccc(-c3noc(C4CCC4)n3)c2)C1. The largest absolute Gasteiger partial charge is 0.352 e. The Morgan fingerprint density at radius 3 is 2.75 bits per heavy atom. The molecule has 2 aliphatic rings. The number of amides is 2. The van der Waals surface area contributed by atoms with Crippen molar-refractivity contribution in [1.82, 2.24) is 15.5 Å². The first-order valence-electron chi connectivity index (χ1n) is 10.8. The average molecular weight is 434 g/mol. The number of rotatable bonds is 6. The van der Waals surface area contributed by atoms with Gasteiger partial charge in [-0.15, -0.1) is 0 Å². The Hall–Kier alpha value is -3.55. The van der Waals surface area contributed by atoms with Crippen molar-refractivity contribution in [2.45, 2.75) is 38.1 Å². The van der Waals surface area contributed by atoms with Gasteiger partial charge < -0.3 is 14.7 Å². The molecule has 164 valence electrons. The Bertz CT molecular complexity index is 1140. The van der Waals surface area contributed by atoms with E-state index in [2.05, 4.69) is 15.5 Å². The standard InChI is InChI=1S/C24H23FN4O3/c25-19-9-7-15(8-10-19)13-26-23(31)18-12-21(30)29(14-18)20-6-2-5-17(11-20)22-27-24(32-28-22)16-3-1-4-16/h2,5-11,16,18H,1,3-4,12-14H2,(H,26,31)/t18-/m0/s1. The van der Waals surface area contributed by atoms with Crippen molar-refractivity contribution in [1.29, 1.82) is 0 Å². The van der Waals surface area contributed by atoms with Crippen LogP contribution in [-0.2, 0) is 16.1 Å². The average Bonchev–Trinajstić information content (AvgIpc) is 3.39. The molecule has 1 saturated carbocycles. The first-order valence-corrected chi connectivity index (χ1v) is 10.8. The Morgan fingerprint density at radius 2 is 2.00 bits per heavy atom. The van der Waals surface area contributed by atoms with Gasteiger partial charge in [-0.2, -0.15) is 4.98 Å². The van der Waals surface area contributed by atoms with Gasteiger partial charge in [-0.05, 0) is 42.7 Å². The van der Waals surface area contributed by atoms with E-state index in [1.165, 1.54) is 18.6 Å². The highest BCUT2D eigenvalue weighted by molar-refractivity contribution is 6.00. The lowest BCUT2D eigenvalue weighted by molar-refractivity contribution is -0.126. The number of halogens is 1. The maximum absolute atomic E-state index is 13.0. The highest BCUT2D eigenvalue weighted by atomic mass is 19.1. The summed E-state index contributed by atoms with van der Waals surface area (Å²) in [6, 6.07) is 13.4. The van der Waals surface area contributed by atoms with Crippen molar-refractivity contribution in [3.8, 4) is 11.4 Å². The predicted molar refractivity (Wildman–Crippen MR) is 115 cm³/mol. The molecular formula is C24H23FN4O3. The van der Waals surface area contributed by atoms with E-state index < -0.39 is 5.92 Å². The van der Waals surface area contributed by atoms with Crippen molar-refractivity contribution < 1.29 is 18.5 Å². The van der Waals surface area contributed by atoms with Crippen LogP contribution >= 0.6 is 0 Å². The van der Waals surface area contributed by atoms with E-state index in [0.29, 0.717) is 36.4 Å². The molecule has 1 atom stereocenters. The number of hydrogen-bond acceptors (Lipinski definition) is 5. The fraction of sp³-hybridized carbons (Fsp3) is 0.333. The summed E-state index contributed by atoms with van der Waals surface area (Å²) >= 11 is 0. The number of nitrogens with one attached hydrogen (secondary N) is 1. The summed E-state index contributed by atoms with van der Waals surface area (Å²) < 4.78 is 18.4. The molecule has 2 fully saturated rings. The van der Waals surface area contributed by atoms with Gasteiger partial charge in [0.25, 0.3) is 0 Å². The number of hydrogen-bond donors (Lipinski definition) is 1. The van der Waals surface area contributed by atoms with Crippen LogP contribution in [0.4, 0.5) is 10.1 Å². The maximum Gasteiger partial charge on any atom is 0.230 e. The number of carbonyl (C=O) groups excluding carboxylic acids is 2. The maximum atomic E-state index is 13.0. The van der Waals surface area contributed by atoms with Crippen LogP contribution in [0.3, 0.4) is 0 Å². The quantitative estimate of drug-likeness (QED) is 0.637. The van der Waals surface area contributed by atoms with E-state index in [-0.39, 0.29) is 24.1 Å². The van der Waals surface area contributed by atoms with Crippen molar-refractivity contribution in [2.24, 2.45) is 5.92 Å². The molecule has 32 heavy (non-hydrogen) atoms. The van der Waals surface area contributed by atoms with E-state index >= 15 is 0 Å². The Labute approximate surface area is 184 Å². The monoisotopic (exact) mass is 434 g/mol. The molecule has 2 amide bonds. The summed E-state index contributed by atoms with van der Waals surface area (Å²) in [5.74, 6) is 0.480. The zero-order chi connectivity index (χ0) is 22.1. The summed E-state index contributed by atoms with van der Waals surface area (Å²) in [5, 5.41) is 6.94. The van der Waals surface area contributed by atoms with Crippen LogP contribution in [0.1, 0.15) is 43.1 Å². The van der Waals surface area contributed by atoms with Crippen LogP contribution in [-0.4, -0.2) is 28.5 Å². The van der Waals surface area contributed by atoms with Gasteiger partial charge in [-0.3, -0.25) is 9.59 Å². The van der Waals surface area contributed by atoms with Crippen LogP contribution in [0.2, 0.25) is 0 Å². The van der Waals surface area contributed by atoms with Crippen LogP contribution in [0.25, 0.3) is 11.4 Å². The highest BCUT2D eigenvalue weighted by Gasteiger charge is 2.35. The summed E-state index contributed by atoms with van der Waals surface area (Å²) in [4.78, 5) is 31.4. The molecule has 1 aliphatic carbocycles. The molecule has 8 heteroatoms. The first kappa shape index (κ1) is 20.4. The molecule has 3 aromatic rings. The second-order valence-corrected chi connectivity index (χ2v) is 8.38. The molecule has 5 rings (SSSR count). The molecule has 7 nitrogen and oxygen atoms in total. The van der Waals surface area contributed by atoms with Crippen molar-refractivity contribution >= 4 is 17.5 Å². The minimum Gasteiger partial charge on any atom is -0.352 e. The van der Waals surface area contributed by atoms with E-state index in [9.17, 15) is 14.0 Å². The van der Waals surface area contributed by atoms with Crippen LogP contribution < -0.4 is 10.2 Å². The van der Waals surface area contributed by atoms with E-state index in [1.807, 2.05) is 24.3 Å². The normalized spacial score (nSPS) is 18.6. The molecule has 2 aromatic carbocycles. The first-order chi connectivity index (χ1) is 15.6. The van der Waals surface area contributed by atoms with Gasteiger partial charge in [0.2, 0.25) is 23.5 Å². The van der Waals surface area contributed by atoms with Gasteiger partial charge in [0.05, 0.1) is 5.92 Å². The van der Waals surface area contributed by atoms with Gasteiger partial charge in [0.15, 0.2) is 0 Å². The number of benzene rings is 2. The van der Waals surface area contributed by atoms with Crippen molar-refractivity contribution in [3.05, 3.63) is 65.8 Å². The third-order valence-corrected chi connectivity index (χ3v) is 6.19. The third-order valence-electron chi connectivity index (χ3n) is 6.19. The number of aromatic nitrogens is 2. The number of nitrogens with zero attached hydrogens (tertiary/aromatic N) is 3. The van der Waals surface area contributed by atoms with Gasteiger partial charge in [-0.25, -0.2) is 4.39 Å². The molecule has 1 aromatic heterocycles. The molecule has 0 radical (unpaired) electrons. The van der Waals surface area contributed by atoms with E-state index in [0.717, 1.165) is 24.0 Å². The molecule has 0 bridgehead atoms. The lowest BCUT2D eigenvalue weighted by atomic mass is 9.85. The minimum absolute atomic E-state index is 0.104. The summed E-state index contributed by atoms with van der Waals surface area (Å²) in [6.45, 7) is 0.595. The molecular weight excluding hydrogens is 411 g/mol. The van der Waals surface area contributed by atoms with Gasteiger partial charge in [0, 0.05) is 36.7 Å². The Kier molecular flexibility index (Phi) is 5.43. The Morgan fingerprint density at radius 1 is 1.19 bits per heavy atom. The molecule has 1 N–H and O–H groups in total. The second-order valence-electron chi connectivity index (χ2n) is 8.38. The molecule has 1 aliphatic heterocycles. The van der Waals surface area contributed by atoms with Crippen LogP contribution in [0.15, 0.2) is 53.1 Å². The third kappa shape index (κ3) is 4.12. The van der Waals surface area contributed by atoms with Crippen LogP contribution in [0.5, 0.6) is 0 Å². The molecule has 1 saturated heterocycles.